The molecule has 1 unspecified atom stereocenters. The molecule has 3 aliphatic heterocycles. The van der Waals surface area contributed by atoms with Gasteiger partial charge in [-0.3, -0.25) is 9.59 Å². The topological polar surface area (TPSA) is 70.5 Å². The Morgan fingerprint density at radius 3 is 2.58 bits per heavy atom. The number of allylic oxidation sites excluding steroid dienone is 1. The third kappa shape index (κ3) is 4.02. The molecule has 1 aromatic carbocycles. The lowest BCUT2D eigenvalue weighted by atomic mass is 9.94. The Morgan fingerprint density at radius 1 is 1.03 bits per heavy atom. The van der Waals surface area contributed by atoms with Crippen LogP contribution < -0.4 is 5.32 Å². The Balaban J connectivity index is 1.50. The molecule has 2 fully saturated rings. The molecule has 5 rings (SSSR count). The van der Waals surface area contributed by atoms with Crippen LogP contribution in [0.5, 0.6) is 0 Å². The normalized spacial score (nSPS) is 22.9. The molecule has 7 nitrogen and oxygen atoms in total. The smallest absolute Gasteiger partial charge is 0.254 e. The number of benzene rings is 1. The fourth-order valence-corrected chi connectivity index (χ4v) is 5.53. The molecule has 1 N–H and O–H groups in total. The number of likely N-dealkylation sites (tertiary alicyclic amines) is 2. The molecule has 4 heterocycles. The number of amides is 2. The number of nitrogens with one attached hydrogen (secondary N) is 1. The monoisotopic (exact) mass is 487 g/mol. The number of anilines is 1. The van der Waals surface area contributed by atoms with Gasteiger partial charge in [0, 0.05) is 31.4 Å². The van der Waals surface area contributed by atoms with Gasteiger partial charge in [-0.25, -0.2) is 4.68 Å². The predicted molar refractivity (Wildman–Crippen MR) is 128 cm³/mol. The third-order valence-electron chi connectivity index (χ3n) is 6.86. The van der Waals surface area contributed by atoms with E-state index in [9.17, 15) is 9.59 Å². The zero-order chi connectivity index (χ0) is 23.1. The average molecular weight is 488 g/mol. The summed E-state index contributed by atoms with van der Waals surface area (Å²) < 4.78 is 1.79. The van der Waals surface area contributed by atoms with Gasteiger partial charge in [-0.15, -0.1) is 0 Å². The van der Waals surface area contributed by atoms with Crippen LogP contribution in [0.2, 0.25) is 10.0 Å². The fraction of sp³-hybridized carbons (Fsp3) is 0.458. The van der Waals surface area contributed by atoms with Crippen LogP contribution in [-0.2, 0) is 9.59 Å². The predicted octanol–water partition coefficient (Wildman–Crippen LogP) is 4.48. The van der Waals surface area contributed by atoms with Gasteiger partial charge in [0.15, 0.2) is 0 Å². The van der Waals surface area contributed by atoms with E-state index >= 15 is 0 Å². The van der Waals surface area contributed by atoms with Crippen molar-refractivity contribution in [3.8, 4) is 0 Å². The van der Waals surface area contributed by atoms with E-state index in [1.54, 1.807) is 27.9 Å². The number of fused-ring (bicyclic) bond motifs is 1. The van der Waals surface area contributed by atoms with Crippen molar-refractivity contribution in [3.05, 3.63) is 57.3 Å². The molecule has 0 saturated carbocycles. The maximum absolute atomic E-state index is 14.0. The van der Waals surface area contributed by atoms with Gasteiger partial charge in [-0.2, -0.15) is 5.10 Å². The average Bonchev–Trinajstić information content (AvgIpc) is 3.49. The number of aromatic nitrogens is 2. The zero-order valence-electron chi connectivity index (χ0n) is 18.6. The van der Waals surface area contributed by atoms with E-state index < -0.39 is 12.1 Å². The van der Waals surface area contributed by atoms with Gasteiger partial charge in [0.25, 0.3) is 5.91 Å². The maximum atomic E-state index is 14.0. The lowest BCUT2D eigenvalue weighted by Gasteiger charge is -2.35. The van der Waals surface area contributed by atoms with Crippen LogP contribution in [0.3, 0.4) is 0 Å². The molecule has 0 spiro atoms. The Labute approximate surface area is 203 Å². The van der Waals surface area contributed by atoms with E-state index in [1.165, 1.54) is 0 Å². The fourth-order valence-electron chi connectivity index (χ4n) is 5.22. The number of carbonyl (C=O) groups is 2. The molecule has 174 valence electrons. The highest BCUT2D eigenvalue weighted by atomic mass is 35.5. The summed E-state index contributed by atoms with van der Waals surface area (Å²) in [6.45, 7) is 4.03. The number of halogens is 2. The van der Waals surface area contributed by atoms with Crippen LogP contribution in [0.15, 0.2) is 41.7 Å². The molecule has 2 aromatic rings. The second kappa shape index (κ2) is 9.03. The van der Waals surface area contributed by atoms with Gasteiger partial charge in [0.2, 0.25) is 5.91 Å². The standard InChI is InChI=1S/C24H27Cl2N5O2/c1-15-21(24(33)30-13-5-6-19(30)23(32)29-11-3-2-4-12-29)22(31-20(28-15)9-10-27-31)16-7-8-17(25)18(26)14-16/h7-10,14,19,22,28H,2-6,11-13H2,1H3/t19-,22?/m0/s1. The largest absolute Gasteiger partial charge is 0.344 e. The molecule has 0 bridgehead atoms. The first-order valence-corrected chi connectivity index (χ1v) is 12.3. The van der Waals surface area contributed by atoms with Crippen molar-refractivity contribution in [2.24, 2.45) is 0 Å². The Bertz CT molecular complexity index is 1120. The molecule has 2 atom stereocenters. The summed E-state index contributed by atoms with van der Waals surface area (Å²) >= 11 is 12.5. The number of hydrogen-bond acceptors (Lipinski definition) is 4. The lowest BCUT2D eigenvalue weighted by Crippen LogP contribution is -2.50. The lowest BCUT2D eigenvalue weighted by molar-refractivity contribution is -0.142. The van der Waals surface area contributed by atoms with Crippen LogP contribution in [-0.4, -0.2) is 57.1 Å². The van der Waals surface area contributed by atoms with Gasteiger partial charge in [0.05, 0.1) is 21.8 Å². The summed E-state index contributed by atoms with van der Waals surface area (Å²) in [7, 11) is 0. The number of carbonyl (C=O) groups excluding carboxylic acids is 2. The van der Waals surface area contributed by atoms with Crippen molar-refractivity contribution >= 4 is 40.8 Å². The van der Waals surface area contributed by atoms with Gasteiger partial charge in [0.1, 0.15) is 17.9 Å². The van der Waals surface area contributed by atoms with Crippen molar-refractivity contribution in [3.63, 3.8) is 0 Å². The molecule has 2 amide bonds. The molecule has 0 radical (unpaired) electrons. The summed E-state index contributed by atoms with van der Waals surface area (Å²) in [6, 6.07) is 6.38. The van der Waals surface area contributed by atoms with E-state index in [2.05, 4.69) is 10.4 Å². The Morgan fingerprint density at radius 2 is 1.82 bits per heavy atom. The minimum absolute atomic E-state index is 0.0773. The third-order valence-corrected chi connectivity index (χ3v) is 7.60. The van der Waals surface area contributed by atoms with Gasteiger partial charge in [-0.05, 0) is 56.7 Å². The summed E-state index contributed by atoms with van der Waals surface area (Å²) in [5, 5.41) is 8.67. The van der Waals surface area contributed by atoms with Crippen molar-refractivity contribution in [1.29, 1.82) is 0 Å². The molecule has 2 saturated heterocycles. The summed E-state index contributed by atoms with van der Waals surface area (Å²) in [5.74, 6) is 0.737. The van der Waals surface area contributed by atoms with Crippen LogP contribution >= 0.6 is 23.2 Å². The molecule has 1 aromatic heterocycles. The summed E-state index contributed by atoms with van der Waals surface area (Å²) in [4.78, 5) is 31.0. The van der Waals surface area contributed by atoms with Crippen LogP contribution in [0, 0.1) is 0 Å². The van der Waals surface area contributed by atoms with Gasteiger partial charge in [-0.1, -0.05) is 29.3 Å². The van der Waals surface area contributed by atoms with E-state index in [1.807, 2.05) is 24.0 Å². The molecule has 0 aliphatic carbocycles. The van der Waals surface area contributed by atoms with Crippen LogP contribution in [0.25, 0.3) is 0 Å². The molecular weight excluding hydrogens is 461 g/mol. The first-order chi connectivity index (χ1) is 16.0. The van der Waals surface area contributed by atoms with Crippen molar-refractivity contribution in [2.75, 3.05) is 25.0 Å². The highest BCUT2D eigenvalue weighted by molar-refractivity contribution is 6.42. The highest BCUT2D eigenvalue weighted by Gasteiger charge is 2.42. The number of hydrogen-bond donors (Lipinski definition) is 1. The Kier molecular flexibility index (Phi) is 6.10. The first kappa shape index (κ1) is 22.3. The summed E-state index contributed by atoms with van der Waals surface area (Å²) in [5.41, 5.74) is 2.14. The van der Waals surface area contributed by atoms with E-state index in [0.717, 1.165) is 55.9 Å². The van der Waals surface area contributed by atoms with Gasteiger partial charge >= 0.3 is 0 Å². The highest BCUT2D eigenvalue weighted by Crippen LogP contribution is 2.39. The number of rotatable bonds is 3. The SMILES string of the molecule is CC1=C(C(=O)N2CCC[C@H]2C(=O)N2CCCCC2)C(c2ccc(Cl)c(Cl)c2)n2nccc2N1. The van der Waals surface area contributed by atoms with Gasteiger partial charge < -0.3 is 15.1 Å². The van der Waals surface area contributed by atoms with Crippen LogP contribution in [0.1, 0.15) is 50.6 Å². The van der Waals surface area contributed by atoms with Crippen LogP contribution in [0.4, 0.5) is 5.82 Å². The summed E-state index contributed by atoms with van der Waals surface area (Å²) in [6.07, 6.45) is 6.44. The van der Waals surface area contributed by atoms with Crippen molar-refractivity contribution < 1.29 is 9.59 Å². The minimum Gasteiger partial charge on any atom is -0.344 e. The molecule has 33 heavy (non-hydrogen) atoms. The second-order valence-electron chi connectivity index (χ2n) is 8.94. The minimum atomic E-state index is -0.468. The first-order valence-electron chi connectivity index (χ1n) is 11.5. The van der Waals surface area contributed by atoms with E-state index in [-0.39, 0.29) is 11.8 Å². The molecule has 9 heteroatoms. The quantitative estimate of drug-likeness (QED) is 0.692. The second-order valence-corrected chi connectivity index (χ2v) is 9.76. The molecular formula is C24H27Cl2N5O2. The molecule has 3 aliphatic rings. The van der Waals surface area contributed by atoms with Crippen molar-refractivity contribution in [1.82, 2.24) is 19.6 Å². The van der Waals surface area contributed by atoms with E-state index in [0.29, 0.717) is 28.6 Å². The zero-order valence-corrected chi connectivity index (χ0v) is 20.1. The Hall–Kier alpha value is -2.51. The number of nitrogens with zero attached hydrogens (tertiary/aromatic N) is 4. The maximum Gasteiger partial charge on any atom is 0.254 e. The van der Waals surface area contributed by atoms with Crippen molar-refractivity contribution in [2.45, 2.75) is 51.1 Å². The van der Waals surface area contributed by atoms with E-state index in [4.69, 9.17) is 23.2 Å². The number of piperidine rings is 1.